The molecule has 228 valence electrons. The number of amides is 2. The summed E-state index contributed by atoms with van der Waals surface area (Å²) < 4.78 is 21.6. The molecule has 1 aliphatic rings. The molecule has 1 atom stereocenters. The third-order valence-corrected chi connectivity index (χ3v) is 9.14. The van der Waals surface area contributed by atoms with E-state index in [1.807, 2.05) is 66.9 Å². The number of ether oxygens (including phenoxy) is 1. The number of aromatic nitrogens is 3. The lowest BCUT2D eigenvalue weighted by Crippen LogP contribution is -2.28. The molecule has 12 heteroatoms. The number of thioether (sulfide) groups is 1. The monoisotopic (exact) mass is 640 g/mol. The number of rotatable bonds is 10. The van der Waals surface area contributed by atoms with Gasteiger partial charge in [-0.1, -0.05) is 71.9 Å². The number of thiophene rings is 1. The second-order valence-corrected chi connectivity index (χ2v) is 12.1. The number of hydrogen-bond donors (Lipinski definition) is 1. The Labute approximate surface area is 267 Å². The number of aryl methyl sites for hydroxylation is 1. The van der Waals surface area contributed by atoms with E-state index in [1.54, 1.807) is 40.2 Å². The van der Waals surface area contributed by atoms with Crippen molar-refractivity contribution >= 4 is 40.6 Å². The quantitative estimate of drug-likeness (QED) is 0.183. The lowest BCUT2D eigenvalue weighted by atomic mass is 10.00. The van der Waals surface area contributed by atoms with Gasteiger partial charge in [-0.3, -0.25) is 14.2 Å². The minimum absolute atomic E-state index is 0.0389. The van der Waals surface area contributed by atoms with Gasteiger partial charge < -0.3 is 10.1 Å². The molecule has 1 unspecified atom stereocenters. The molecule has 2 aromatic heterocycles. The molecule has 0 saturated carbocycles. The van der Waals surface area contributed by atoms with Crippen LogP contribution in [0, 0.1) is 12.7 Å². The van der Waals surface area contributed by atoms with Crippen LogP contribution in [0.5, 0.6) is 5.75 Å². The van der Waals surface area contributed by atoms with Crippen LogP contribution in [0.4, 0.5) is 4.39 Å². The highest BCUT2D eigenvalue weighted by Gasteiger charge is 2.34. The maximum Gasteiger partial charge on any atom is 0.254 e. The first-order valence-corrected chi connectivity index (χ1v) is 16.0. The van der Waals surface area contributed by atoms with Crippen molar-refractivity contribution in [3.05, 3.63) is 124 Å². The Morgan fingerprint density at radius 3 is 2.56 bits per heavy atom. The standard InChI is InChI=1S/C33H29FN6O3S2/c1-21-13-15-22(16-14-21)27-18-25(29-12-7-17-44-29)38-40(27)31(41)20-45-33-37-36-30(39(33)26-10-5-6-11-28(26)43-2)19-35-32(42)23-8-3-4-9-24(23)34/h3-17,27H,18-20H2,1-2H3,(H,35,42). The maximum absolute atomic E-state index is 14.2. The van der Waals surface area contributed by atoms with Gasteiger partial charge in [-0.25, -0.2) is 9.40 Å². The zero-order valence-corrected chi connectivity index (χ0v) is 26.1. The van der Waals surface area contributed by atoms with Crippen molar-refractivity contribution in [3.8, 4) is 11.4 Å². The molecule has 0 radical (unpaired) electrons. The van der Waals surface area contributed by atoms with Gasteiger partial charge in [0, 0.05) is 6.42 Å². The molecule has 1 N–H and O–H groups in total. The van der Waals surface area contributed by atoms with Crippen molar-refractivity contribution in [1.82, 2.24) is 25.1 Å². The van der Waals surface area contributed by atoms with Gasteiger partial charge in [0.1, 0.15) is 11.6 Å². The number of methoxy groups -OCH3 is 1. The van der Waals surface area contributed by atoms with Gasteiger partial charge >= 0.3 is 0 Å². The summed E-state index contributed by atoms with van der Waals surface area (Å²) in [7, 11) is 1.56. The fourth-order valence-corrected chi connectivity index (χ4v) is 6.57. The van der Waals surface area contributed by atoms with Crippen molar-refractivity contribution in [1.29, 1.82) is 0 Å². The molecule has 0 spiro atoms. The van der Waals surface area contributed by atoms with Gasteiger partial charge in [0.2, 0.25) is 0 Å². The first-order chi connectivity index (χ1) is 21.9. The highest BCUT2D eigenvalue weighted by Crippen LogP contribution is 2.35. The largest absolute Gasteiger partial charge is 0.495 e. The van der Waals surface area contributed by atoms with E-state index >= 15 is 0 Å². The summed E-state index contributed by atoms with van der Waals surface area (Å²) in [4.78, 5) is 27.6. The topological polar surface area (TPSA) is 102 Å². The van der Waals surface area contributed by atoms with Crippen LogP contribution in [0.3, 0.4) is 0 Å². The molecule has 0 aliphatic carbocycles. The normalized spacial score (nSPS) is 14.3. The Kier molecular flexibility index (Phi) is 9.03. The summed E-state index contributed by atoms with van der Waals surface area (Å²) in [5.41, 5.74) is 3.59. The molecule has 0 bridgehead atoms. The predicted molar refractivity (Wildman–Crippen MR) is 172 cm³/mol. The predicted octanol–water partition coefficient (Wildman–Crippen LogP) is 6.18. The Hall–Kier alpha value is -4.81. The van der Waals surface area contributed by atoms with Crippen LogP contribution in [0.25, 0.3) is 5.69 Å². The summed E-state index contributed by atoms with van der Waals surface area (Å²) in [5.74, 6) is -0.402. The zero-order valence-electron chi connectivity index (χ0n) is 24.5. The summed E-state index contributed by atoms with van der Waals surface area (Å²) in [5, 5.41) is 20.2. The van der Waals surface area contributed by atoms with E-state index in [2.05, 4.69) is 15.5 Å². The van der Waals surface area contributed by atoms with Gasteiger partial charge in [-0.2, -0.15) is 5.10 Å². The Morgan fingerprint density at radius 2 is 1.80 bits per heavy atom. The van der Waals surface area contributed by atoms with Gasteiger partial charge in [-0.05, 0) is 48.2 Å². The molecular formula is C33H29FN6O3S2. The van der Waals surface area contributed by atoms with Gasteiger partial charge in [0.15, 0.2) is 11.0 Å². The van der Waals surface area contributed by atoms with Crippen LogP contribution >= 0.6 is 23.1 Å². The average Bonchev–Trinajstić information content (AvgIpc) is 3.83. The lowest BCUT2D eigenvalue weighted by molar-refractivity contribution is -0.130. The smallest absolute Gasteiger partial charge is 0.254 e. The fourth-order valence-electron chi connectivity index (χ4n) is 5.04. The number of carbonyl (C=O) groups excluding carboxylic acids is 2. The first kappa shape index (κ1) is 30.2. The Balaban J connectivity index is 1.26. The number of nitrogens with zero attached hydrogens (tertiary/aromatic N) is 5. The molecule has 0 fully saturated rings. The first-order valence-electron chi connectivity index (χ1n) is 14.2. The van der Waals surface area contributed by atoms with E-state index in [4.69, 9.17) is 9.84 Å². The van der Waals surface area contributed by atoms with Gasteiger partial charge in [0.05, 0.1) is 47.3 Å². The van der Waals surface area contributed by atoms with Crippen LogP contribution in [-0.4, -0.2) is 50.2 Å². The van der Waals surface area contributed by atoms with Crippen LogP contribution in [-0.2, 0) is 11.3 Å². The summed E-state index contributed by atoms with van der Waals surface area (Å²) in [6.45, 7) is 1.99. The molecule has 2 amide bonds. The molecule has 5 aromatic rings. The molecule has 45 heavy (non-hydrogen) atoms. The molecule has 0 saturated heterocycles. The maximum atomic E-state index is 14.2. The highest BCUT2D eigenvalue weighted by molar-refractivity contribution is 7.99. The van der Waals surface area contributed by atoms with Crippen LogP contribution < -0.4 is 10.1 Å². The average molecular weight is 641 g/mol. The van der Waals surface area contributed by atoms with Crippen molar-refractivity contribution in [2.45, 2.75) is 31.1 Å². The van der Waals surface area contributed by atoms with Crippen LogP contribution in [0.15, 0.2) is 101 Å². The number of nitrogens with one attached hydrogen (secondary N) is 1. The van der Waals surface area contributed by atoms with E-state index in [1.165, 1.54) is 30.0 Å². The second kappa shape index (κ2) is 13.4. The summed E-state index contributed by atoms with van der Waals surface area (Å²) in [6, 6.07) is 25.0. The lowest BCUT2D eigenvalue weighted by Gasteiger charge is -2.22. The molecular weight excluding hydrogens is 612 g/mol. The SMILES string of the molecule is COc1ccccc1-n1c(CNC(=O)c2ccccc2F)nnc1SCC(=O)N1N=C(c2cccs2)CC1c1ccc(C)cc1. The van der Waals surface area contributed by atoms with E-state index in [0.29, 0.717) is 28.8 Å². The molecule has 3 aromatic carbocycles. The second-order valence-electron chi connectivity index (χ2n) is 10.3. The number of benzene rings is 3. The van der Waals surface area contributed by atoms with Crippen molar-refractivity contribution in [3.63, 3.8) is 0 Å². The minimum Gasteiger partial charge on any atom is -0.495 e. The molecule has 6 rings (SSSR count). The van der Waals surface area contributed by atoms with Crippen molar-refractivity contribution in [2.75, 3.05) is 12.9 Å². The number of hydrogen-bond acceptors (Lipinski definition) is 8. The Morgan fingerprint density at radius 1 is 1.02 bits per heavy atom. The molecule has 9 nitrogen and oxygen atoms in total. The highest BCUT2D eigenvalue weighted by atomic mass is 32.2. The summed E-state index contributed by atoms with van der Waals surface area (Å²) in [6.07, 6.45) is 0.614. The number of para-hydroxylation sites is 2. The third-order valence-electron chi connectivity index (χ3n) is 7.31. The van der Waals surface area contributed by atoms with E-state index in [-0.39, 0.29) is 29.8 Å². The van der Waals surface area contributed by atoms with Crippen LogP contribution in [0.1, 0.15) is 44.6 Å². The zero-order chi connectivity index (χ0) is 31.3. The molecule has 3 heterocycles. The molecule has 1 aliphatic heterocycles. The van der Waals surface area contributed by atoms with E-state index < -0.39 is 11.7 Å². The fraction of sp³-hybridized carbons (Fsp3) is 0.182. The number of halogens is 1. The van der Waals surface area contributed by atoms with E-state index in [9.17, 15) is 14.0 Å². The van der Waals surface area contributed by atoms with Crippen molar-refractivity contribution in [2.24, 2.45) is 5.10 Å². The van der Waals surface area contributed by atoms with Gasteiger partial charge in [-0.15, -0.1) is 21.5 Å². The third kappa shape index (κ3) is 6.52. The van der Waals surface area contributed by atoms with Crippen LogP contribution in [0.2, 0.25) is 0 Å². The number of carbonyl (C=O) groups is 2. The van der Waals surface area contributed by atoms with E-state index in [0.717, 1.165) is 21.7 Å². The Bertz CT molecular complexity index is 1860. The van der Waals surface area contributed by atoms with Gasteiger partial charge in [0.25, 0.3) is 11.8 Å². The van der Waals surface area contributed by atoms with Crippen molar-refractivity contribution < 1.29 is 18.7 Å². The number of hydrazone groups is 1. The minimum atomic E-state index is -0.619. The summed E-state index contributed by atoms with van der Waals surface area (Å²) >= 11 is 2.81.